The Hall–Kier alpha value is -3.19. The van der Waals surface area contributed by atoms with E-state index in [2.05, 4.69) is 20.0 Å². The van der Waals surface area contributed by atoms with Gasteiger partial charge in [-0.25, -0.2) is 4.98 Å². The molecule has 2 amide bonds. The van der Waals surface area contributed by atoms with Crippen LogP contribution in [0.2, 0.25) is 0 Å². The lowest BCUT2D eigenvalue weighted by Gasteiger charge is -2.18. The Morgan fingerprint density at radius 3 is 2.36 bits per heavy atom. The van der Waals surface area contributed by atoms with Gasteiger partial charge in [-0.2, -0.15) is 0 Å². The summed E-state index contributed by atoms with van der Waals surface area (Å²) < 4.78 is 2.06. The van der Waals surface area contributed by atoms with Crippen molar-refractivity contribution in [1.29, 1.82) is 0 Å². The highest BCUT2D eigenvalue weighted by Gasteiger charge is 2.12. The summed E-state index contributed by atoms with van der Waals surface area (Å²) >= 11 is 0. The molecule has 2 N–H and O–H groups in total. The molecule has 0 spiro atoms. The Morgan fingerprint density at radius 1 is 1.07 bits per heavy atom. The van der Waals surface area contributed by atoms with E-state index < -0.39 is 0 Å². The molecular formula is C21H25N5O2. The maximum Gasteiger partial charge on any atom is 0.238 e. The molecule has 2 aromatic heterocycles. The first kappa shape index (κ1) is 19.6. The van der Waals surface area contributed by atoms with E-state index >= 15 is 0 Å². The van der Waals surface area contributed by atoms with Gasteiger partial charge >= 0.3 is 0 Å². The van der Waals surface area contributed by atoms with Crippen LogP contribution >= 0.6 is 0 Å². The number of nitrogens with one attached hydrogen (secondary N) is 2. The number of carbonyl (C=O) groups excluding carboxylic acids is 2. The van der Waals surface area contributed by atoms with Crippen molar-refractivity contribution in [3.63, 3.8) is 0 Å². The fourth-order valence-electron chi connectivity index (χ4n) is 3.03. The smallest absolute Gasteiger partial charge is 0.238 e. The maximum atomic E-state index is 12.4. The van der Waals surface area contributed by atoms with E-state index in [1.54, 1.807) is 24.3 Å². The van der Waals surface area contributed by atoms with Crippen LogP contribution in [0.25, 0.3) is 5.65 Å². The molecule has 7 nitrogen and oxygen atoms in total. The number of benzene rings is 1. The monoisotopic (exact) mass is 379 g/mol. The highest BCUT2D eigenvalue weighted by atomic mass is 16.2. The van der Waals surface area contributed by atoms with Crippen LogP contribution in [0.15, 0.2) is 48.7 Å². The quantitative estimate of drug-likeness (QED) is 0.661. The van der Waals surface area contributed by atoms with E-state index in [4.69, 9.17) is 0 Å². The van der Waals surface area contributed by atoms with E-state index in [1.165, 1.54) is 6.92 Å². The summed E-state index contributed by atoms with van der Waals surface area (Å²) in [5.41, 5.74) is 4.36. The van der Waals surface area contributed by atoms with Gasteiger partial charge in [0.15, 0.2) is 0 Å². The van der Waals surface area contributed by atoms with Gasteiger partial charge in [-0.05, 0) is 49.9 Å². The Kier molecular flexibility index (Phi) is 6.06. The second kappa shape index (κ2) is 8.67. The molecule has 0 radical (unpaired) electrons. The molecule has 28 heavy (non-hydrogen) atoms. The number of anilines is 2. The summed E-state index contributed by atoms with van der Waals surface area (Å²) in [7, 11) is 0. The SMILES string of the molecule is CCN(CC(=O)Nc1ccc(NC(C)=O)cc1)Cc1cn2c(C)cccc2n1. The van der Waals surface area contributed by atoms with Crippen LogP contribution in [0, 0.1) is 6.92 Å². The molecule has 0 saturated heterocycles. The minimum Gasteiger partial charge on any atom is -0.326 e. The minimum atomic E-state index is -0.127. The lowest BCUT2D eigenvalue weighted by Crippen LogP contribution is -2.32. The zero-order valence-corrected chi connectivity index (χ0v) is 16.4. The Bertz CT molecular complexity index is 978. The molecule has 0 aliphatic carbocycles. The third-order valence-corrected chi connectivity index (χ3v) is 4.43. The van der Waals surface area contributed by atoms with Crippen LogP contribution in [0.4, 0.5) is 11.4 Å². The molecule has 1 aromatic carbocycles. The lowest BCUT2D eigenvalue weighted by atomic mass is 10.2. The van der Waals surface area contributed by atoms with Crippen molar-refractivity contribution in [2.75, 3.05) is 23.7 Å². The standard InChI is InChI=1S/C21H25N5O2/c1-4-25(12-19-13-26-15(2)6-5-7-20(26)23-19)14-21(28)24-18-10-8-17(9-11-18)22-16(3)27/h5-11,13H,4,12,14H2,1-3H3,(H,22,27)(H,24,28). The van der Waals surface area contributed by atoms with Gasteiger partial charge < -0.3 is 15.0 Å². The van der Waals surface area contributed by atoms with E-state index in [9.17, 15) is 9.59 Å². The van der Waals surface area contributed by atoms with Crippen molar-refractivity contribution in [3.05, 3.63) is 60.0 Å². The fraction of sp³-hybridized carbons (Fsp3) is 0.286. The third-order valence-electron chi connectivity index (χ3n) is 4.43. The van der Waals surface area contributed by atoms with Gasteiger partial charge in [-0.1, -0.05) is 13.0 Å². The Balaban J connectivity index is 1.59. The van der Waals surface area contributed by atoms with Gasteiger partial charge in [0, 0.05) is 36.7 Å². The van der Waals surface area contributed by atoms with Crippen LogP contribution in [0.5, 0.6) is 0 Å². The first-order valence-electron chi connectivity index (χ1n) is 9.28. The van der Waals surface area contributed by atoms with E-state index in [0.717, 1.165) is 23.6 Å². The Morgan fingerprint density at radius 2 is 1.75 bits per heavy atom. The molecule has 0 unspecified atom stereocenters. The number of imidazole rings is 1. The predicted octanol–water partition coefficient (Wildman–Crippen LogP) is 3.06. The summed E-state index contributed by atoms with van der Waals surface area (Å²) in [4.78, 5) is 30.2. The fourth-order valence-corrected chi connectivity index (χ4v) is 3.03. The number of rotatable bonds is 7. The first-order chi connectivity index (χ1) is 13.4. The van der Waals surface area contributed by atoms with Crippen molar-refractivity contribution in [3.8, 4) is 0 Å². The summed E-state index contributed by atoms with van der Waals surface area (Å²) in [5, 5.41) is 5.59. The molecule has 0 bridgehead atoms. The highest BCUT2D eigenvalue weighted by Crippen LogP contribution is 2.14. The number of carbonyl (C=O) groups is 2. The zero-order valence-electron chi connectivity index (χ0n) is 16.4. The number of amides is 2. The molecule has 3 rings (SSSR count). The number of aryl methyl sites for hydroxylation is 1. The average Bonchev–Trinajstić information content (AvgIpc) is 3.06. The summed E-state index contributed by atoms with van der Waals surface area (Å²) in [6.45, 7) is 7.14. The summed E-state index contributed by atoms with van der Waals surface area (Å²) in [6.07, 6.45) is 2.02. The molecule has 0 atom stereocenters. The molecular weight excluding hydrogens is 354 g/mol. The summed E-state index contributed by atoms with van der Waals surface area (Å²) in [5.74, 6) is -0.216. The van der Waals surface area contributed by atoms with Gasteiger partial charge in [-0.3, -0.25) is 14.5 Å². The topological polar surface area (TPSA) is 78.7 Å². The third kappa shape index (κ3) is 4.95. The molecule has 7 heteroatoms. The second-order valence-electron chi connectivity index (χ2n) is 6.74. The molecule has 3 aromatic rings. The van der Waals surface area contributed by atoms with Crippen molar-refractivity contribution >= 4 is 28.8 Å². The predicted molar refractivity (Wildman–Crippen MR) is 110 cm³/mol. The van der Waals surface area contributed by atoms with Gasteiger partial charge in [0.2, 0.25) is 11.8 Å². The van der Waals surface area contributed by atoms with E-state index in [0.29, 0.717) is 17.9 Å². The molecule has 2 heterocycles. The van der Waals surface area contributed by atoms with Gasteiger partial charge in [0.05, 0.1) is 12.2 Å². The highest BCUT2D eigenvalue weighted by molar-refractivity contribution is 5.93. The molecule has 146 valence electrons. The van der Waals surface area contributed by atoms with Crippen LogP contribution < -0.4 is 10.6 Å². The zero-order chi connectivity index (χ0) is 20.1. The van der Waals surface area contributed by atoms with Gasteiger partial charge in [0.1, 0.15) is 5.65 Å². The number of hydrogen-bond donors (Lipinski definition) is 2. The molecule has 0 aliphatic rings. The van der Waals surface area contributed by atoms with E-state index in [-0.39, 0.29) is 18.4 Å². The molecule has 0 aliphatic heterocycles. The normalized spacial score (nSPS) is 11.0. The van der Waals surface area contributed by atoms with Crippen molar-refractivity contribution in [1.82, 2.24) is 14.3 Å². The second-order valence-corrected chi connectivity index (χ2v) is 6.74. The van der Waals surface area contributed by atoms with Crippen LogP contribution in [-0.2, 0) is 16.1 Å². The average molecular weight is 379 g/mol. The van der Waals surface area contributed by atoms with Crippen molar-refractivity contribution in [2.24, 2.45) is 0 Å². The van der Waals surface area contributed by atoms with Crippen molar-refractivity contribution < 1.29 is 9.59 Å². The lowest BCUT2D eigenvalue weighted by molar-refractivity contribution is -0.117. The van der Waals surface area contributed by atoms with Crippen molar-refractivity contribution in [2.45, 2.75) is 27.3 Å². The molecule has 0 saturated carbocycles. The van der Waals surface area contributed by atoms with Crippen LogP contribution in [0.3, 0.4) is 0 Å². The Labute approximate surface area is 164 Å². The number of nitrogens with zero attached hydrogens (tertiary/aromatic N) is 3. The number of fused-ring (bicyclic) bond motifs is 1. The first-order valence-corrected chi connectivity index (χ1v) is 9.28. The number of hydrogen-bond acceptors (Lipinski definition) is 4. The number of aromatic nitrogens is 2. The summed E-state index contributed by atoms with van der Waals surface area (Å²) in [6, 6.07) is 13.1. The largest absolute Gasteiger partial charge is 0.326 e. The number of likely N-dealkylation sites (N-methyl/N-ethyl adjacent to an activating group) is 1. The molecule has 0 fully saturated rings. The van der Waals surface area contributed by atoms with Gasteiger partial charge in [-0.15, -0.1) is 0 Å². The maximum absolute atomic E-state index is 12.4. The van der Waals surface area contributed by atoms with Crippen LogP contribution in [0.1, 0.15) is 25.2 Å². The number of pyridine rings is 1. The minimum absolute atomic E-state index is 0.0888. The van der Waals surface area contributed by atoms with E-state index in [1.807, 2.05) is 43.1 Å². The van der Waals surface area contributed by atoms with Gasteiger partial charge in [0.25, 0.3) is 0 Å². The van der Waals surface area contributed by atoms with Crippen LogP contribution in [-0.4, -0.2) is 39.2 Å².